The van der Waals surface area contributed by atoms with E-state index in [9.17, 15) is 9.50 Å². The van der Waals surface area contributed by atoms with Gasteiger partial charge in [-0.05, 0) is 55.2 Å². The summed E-state index contributed by atoms with van der Waals surface area (Å²) in [6.07, 6.45) is 4.37. The van der Waals surface area contributed by atoms with Gasteiger partial charge in [0.15, 0.2) is 0 Å². The molecule has 20 heavy (non-hydrogen) atoms. The minimum Gasteiger partial charge on any atom is -0.385 e. The lowest BCUT2D eigenvalue weighted by Gasteiger charge is -2.43. The van der Waals surface area contributed by atoms with Crippen LogP contribution in [0.2, 0.25) is 5.02 Å². The number of benzene rings is 1. The van der Waals surface area contributed by atoms with Crippen molar-refractivity contribution in [3.8, 4) is 0 Å². The van der Waals surface area contributed by atoms with E-state index in [1.165, 1.54) is 18.2 Å². The van der Waals surface area contributed by atoms with Crippen LogP contribution < -0.4 is 0 Å². The molecule has 0 aromatic heterocycles. The van der Waals surface area contributed by atoms with Gasteiger partial charge in [0.1, 0.15) is 5.82 Å². The molecule has 0 atom stereocenters. The Morgan fingerprint density at radius 1 is 1.35 bits per heavy atom. The van der Waals surface area contributed by atoms with E-state index in [1.54, 1.807) is 0 Å². The number of rotatable bonds is 3. The van der Waals surface area contributed by atoms with E-state index in [4.69, 9.17) is 11.6 Å². The maximum absolute atomic E-state index is 13.4. The van der Waals surface area contributed by atoms with Crippen molar-refractivity contribution in [2.24, 2.45) is 11.3 Å². The molecule has 1 aliphatic carbocycles. The summed E-state index contributed by atoms with van der Waals surface area (Å²) in [5, 5.41) is 11.3. The zero-order chi connectivity index (χ0) is 15.0. The van der Waals surface area contributed by atoms with Gasteiger partial charge in [-0.1, -0.05) is 38.8 Å². The summed E-state index contributed by atoms with van der Waals surface area (Å²) in [5.41, 5.74) is -0.126. The molecule has 0 heterocycles. The summed E-state index contributed by atoms with van der Waals surface area (Å²) in [7, 11) is 0. The zero-order valence-electron chi connectivity index (χ0n) is 12.5. The molecule has 0 spiro atoms. The first-order valence-corrected chi connectivity index (χ1v) is 7.84. The van der Waals surface area contributed by atoms with Gasteiger partial charge in [0.2, 0.25) is 0 Å². The second-order valence-corrected chi connectivity index (χ2v) is 7.18. The van der Waals surface area contributed by atoms with Crippen LogP contribution in [-0.4, -0.2) is 5.11 Å². The van der Waals surface area contributed by atoms with Gasteiger partial charge in [-0.3, -0.25) is 0 Å². The molecule has 1 nitrogen and oxygen atoms in total. The van der Waals surface area contributed by atoms with Crippen LogP contribution in [0.5, 0.6) is 0 Å². The SMILES string of the molecule is CCC(C)(C)C1CCC(O)(c2cc(F)ccc2Cl)CC1. The molecule has 0 radical (unpaired) electrons. The van der Waals surface area contributed by atoms with Crippen molar-refractivity contribution >= 4 is 11.6 Å². The normalized spacial score (nSPS) is 27.6. The highest BCUT2D eigenvalue weighted by molar-refractivity contribution is 6.31. The first-order chi connectivity index (χ1) is 9.28. The van der Waals surface area contributed by atoms with E-state index in [1.807, 2.05) is 0 Å². The Morgan fingerprint density at radius 3 is 2.50 bits per heavy atom. The molecule has 1 aromatic carbocycles. The van der Waals surface area contributed by atoms with E-state index in [0.29, 0.717) is 34.8 Å². The maximum atomic E-state index is 13.4. The van der Waals surface area contributed by atoms with Gasteiger partial charge in [-0.15, -0.1) is 0 Å². The van der Waals surface area contributed by atoms with Crippen LogP contribution in [0.15, 0.2) is 18.2 Å². The summed E-state index contributed by atoms with van der Waals surface area (Å²) in [6.45, 7) is 6.79. The summed E-state index contributed by atoms with van der Waals surface area (Å²) in [5.74, 6) is 0.272. The van der Waals surface area contributed by atoms with Crippen molar-refractivity contribution in [2.75, 3.05) is 0 Å². The third-order valence-electron chi connectivity index (χ3n) is 5.26. The summed E-state index contributed by atoms with van der Waals surface area (Å²) in [4.78, 5) is 0. The Balaban J connectivity index is 2.18. The molecule has 0 saturated heterocycles. The van der Waals surface area contributed by atoms with Crippen molar-refractivity contribution in [1.82, 2.24) is 0 Å². The topological polar surface area (TPSA) is 20.2 Å². The number of hydrogen-bond donors (Lipinski definition) is 1. The van der Waals surface area contributed by atoms with Crippen molar-refractivity contribution in [2.45, 2.75) is 58.5 Å². The van der Waals surface area contributed by atoms with Crippen LogP contribution in [0.25, 0.3) is 0 Å². The van der Waals surface area contributed by atoms with Crippen LogP contribution in [0.4, 0.5) is 4.39 Å². The maximum Gasteiger partial charge on any atom is 0.123 e. The quantitative estimate of drug-likeness (QED) is 0.803. The lowest BCUT2D eigenvalue weighted by Crippen LogP contribution is -2.36. The average Bonchev–Trinajstić information content (AvgIpc) is 2.42. The molecule has 112 valence electrons. The minimum absolute atomic E-state index is 0.299. The zero-order valence-corrected chi connectivity index (χ0v) is 13.3. The summed E-state index contributed by atoms with van der Waals surface area (Å²) in [6, 6.07) is 4.25. The van der Waals surface area contributed by atoms with Crippen LogP contribution >= 0.6 is 11.6 Å². The Kier molecular flexibility index (Phi) is 4.46. The van der Waals surface area contributed by atoms with Gasteiger partial charge in [0, 0.05) is 10.6 Å². The highest BCUT2D eigenvalue weighted by Crippen LogP contribution is 2.48. The molecule has 0 bridgehead atoms. The molecule has 0 unspecified atom stereocenters. The Morgan fingerprint density at radius 2 is 1.95 bits per heavy atom. The average molecular weight is 299 g/mol. The molecule has 1 saturated carbocycles. The molecule has 1 N–H and O–H groups in total. The lowest BCUT2D eigenvalue weighted by atomic mass is 9.65. The molecule has 1 aliphatic rings. The standard InChI is InChI=1S/C17H24ClFO/c1-4-16(2,3)12-7-9-17(20,10-8-12)14-11-13(19)5-6-15(14)18/h5-6,11-12,20H,4,7-10H2,1-3H3. The molecule has 1 aromatic rings. The van der Waals surface area contributed by atoms with Gasteiger partial charge in [-0.25, -0.2) is 4.39 Å². The Hall–Kier alpha value is -0.600. The van der Waals surface area contributed by atoms with E-state index >= 15 is 0 Å². The fourth-order valence-corrected chi connectivity index (χ4v) is 3.58. The first kappa shape index (κ1) is 15.8. The van der Waals surface area contributed by atoms with Crippen molar-refractivity contribution in [3.05, 3.63) is 34.6 Å². The predicted octanol–water partition coefficient (Wildman–Crippen LogP) is 5.29. The lowest BCUT2D eigenvalue weighted by molar-refractivity contribution is -0.0329. The smallest absolute Gasteiger partial charge is 0.123 e. The fourth-order valence-electron chi connectivity index (χ4n) is 3.29. The number of hydrogen-bond acceptors (Lipinski definition) is 1. The third kappa shape index (κ3) is 3.01. The molecular formula is C17H24ClFO. The molecule has 0 amide bonds. The van der Waals surface area contributed by atoms with Crippen LogP contribution in [-0.2, 0) is 5.60 Å². The van der Waals surface area contributed by atoms with Gasteiger partial charge in [0.25, 0.3) is 0 Å². The van der Waals surface area contributed by atoms with Crippen LogP contribution in [0, 0.1) is 17.2 Å². The second-order valence-electron chi connectivity index (χ2n) is 6.77. The summed E-state index contributed by atoms with van der Waals surface area (Å²) >= 11 is 6.15. The third-order valence-corrected chi connectivity index (χ3v) is 5.59. The fraction of sp³-hybridized carbons (Fsp3) is 0.647. The van der Waals surface area contributed by atoms with E-state index in [2.05, 4.69) is 20.8 Å². The van der Waals surface area contributed by atoms with Crippen molar-refractivity contribution < 1.29 is 9.50 Å². The van der Waals surface area contributed by atoms with Gasteiger partial charge in [0.05, 0.1) is 5.60 Å². The van der Waals surface area contributed by atoms with E-state index in [-0.39, 0.29) is 5.82 Å². The van der Waals surface area contributed by atoms with Crippen molar-refractivity contribution in [3.63, 3.8) is 0 Å². The molecular weight excluding hydrogens is 275 g/mol. The van der Waals surface area contributed by atoms with E-state index < -0.39 is 5.60 Å². The Labute approximate surface area is 126 Å². The molecule has 2 rings (SSSR count). The first-order valence-electron chi connectivity index (χ1n) is 7.46. The number of aliphatic hydroxyl groups is 1. The van der Waals surface area contributed by atoms with Gasteiger partial charge < -0.3 is 5.11 Å². The summed E-state index contributed by atoms with van der Waals surface area (Å²) < 4.78 is 13.4. The molecule has 3 heteroatoms. The van der Waals surface area contributed by atoms with Gasteiger partial charge in [-0.2, -0.15) is 0 Å². The largest absolute Gasteiger partial charge is 0.385 e. The monoisotopic (exact) mass is 298 g/mol. The van der Waals surface area contributed by atoms with Crippen LogP contribution in [0.1, 0.15) is 58.4 Å². The second kappa shape index (κ2) is 5.65. The highest BCUT2D eigenvalue weighted by atomic mass is 35.5. The molecule has 0 aliphatic heterocycles. The highest BCUT2D eigenvalue weighted by Gasteiger charge is 2.40. The number of halogens is 2. The van der Waals surface area contributed by atoms with Crippen LogP contribution in [0.3, 0.4) is 0 Å². The minimum atomic E-state index is -0.973. The Bertz CT molecular complexity index is 476. The predicted molar refractivity (Wildman–Crippen MR) is 81.3 cm³/mol. The van der Waals surface area contributed by atoms with Gasteiger partial charge >= 0.3 is 0 Å². The van der Waals surface area contributed by atoms with Crippen molar-refractivity contribution in [1.29, 1.82) is 0 Å². The molecule has 1 fully saturated rings. The van der Waals surface area contributed by atoms with E-state index in [0.717, 1.165) is 19.3 Å².